The Balaban J connectivity index is 0.000000239. The van der Waals surface area contributed by atoms with Crippen LogP contribution in [0.4, 0.5) is 0 Å². The van der Waals surface area contributed by atoms with E-state index in [0.717, 1.165) is 0 Å². The molecule has 0 unspecified atom stereocenters. The molecule has 0 bridgehead atoms. The van der Waals surface area contributed by atoms with Crippen molar-refractivity contribution in [3.63, 3.8) is 0 Å². The Morgan fingerprint density at radius 2 is 1.73 bits per heavy atom. The predicted molar refractivity (Wildman–Crippen MR) is 149 cm³/mol. The standard InChI is InChI=1S/C19H16ClNO4.C7H6O3.C3H4N2/c1-11-15(10-18(22)23)16-9-14(25-2)7-8-17(16)21(11)19(24)12-3-5-13(20)6-4-12;8-6-4-2-1-3-5(6)7(9)10;1-2-5-3-4-1/h3-9H,10H2,1-2H3,(H,22,23);1-4,8H,(H,9,10);1-3H,(H,4,5). The van der Waals surface area contributed by atoms with Crippen molar-refractivity contribution in [1.82, 2.24) is 14.5 Å². The van der Waals surface area contributed by atoms with Crippen LogP contribution in [0.15, 0.2) is 85.5 Å². The molecule has 5 rings (SSSR count). The summed E-state index contributed by atoms with van der Waals surface area (Å²) in [6.45, 7) is 1.75. The largest absolute Gasteiger partial charge is 0.507 e. The number of aromatic nitrogens is 3. The fourth-order valence-corrected chi connectivity index (χ4v) is 3.94. The molecule has 3 aromatic carbocycles. The summed E-state index contributed by atoms with van der Waals surface area (Å²) < 4.78 is 6.77. The number of nitrogens with one attached hydrogen (secondary N) is 1. The first-order chi connectivity index (χ1) is 19.1. The van der Waals surface area contributed by atoms with Crippen molar-refractivity contribution in [3.8, 4) is 11.5 Å². The number of rotatable bonds is 5. The molecule has 0 amide bonds. The molecule has 40 heavy (non-hydrogen) atoms. The number of nitrogens with zero attached hydrogens (tertiary/aromatic N) is 2. The molecular formula is C29H26ClN3O7. The van der Waals surface area contributed by atoms with E-state index in [9.17, 15) is 19.5 Å². The zero-order valence-electron chi connectivity index (χ0n) is 21.5. The molecule has 11 heteroatoms. The third-order valence-corrected chi connectivity index (χ3v) is 5.96. The van der Waals surface area contributed by atoms with Crippen LogP contribution in [0.1, 0.15) is 32.0 Å². The van der Waals surface area contributed by atoms with Gasteiger partial charge in [-0.05, 0) is 67.1 Å². The maximum absolute atomic E-state index is 13.0. The number of carboxylic acids is 2. The molecule has 5 aromatic rings. The van der Waals surface area contributed by atoms with Gasteiger partial charge in [0.15, 0.2) is 0 Å². The van der Waals surface area contributed by atoms with Crippen LogP contribution < -0.4 is 4.74 Å². The molecule has 2 aromatic heterocycles. The first-order valence-corrected chi connectivity index (χ1v) is 12.2. The summed E-state index contributed by atoms with van der Waals surface area (Å²) in [7, 11) is 1.54. The SMILES string of the molecule is COc1ccc2c(c1)c(CC(=O)O)c(C)n2C(=O)c1ccc(Cl)cc1.O=C(O)c1ccccc1O.c1c[nH]cn1. The van der Waals surface area contributed by atoms with E-state index in [2.05, 4.69) is 9.97 Å². The topological polar surface area (TPSA) is 155 Å². The number of hydrogen-bond donors (Lipinski definition) is 4. The number of benzene rings is 3. The van der Waals surface area contributed by atoms with Gasteiger partial charge in [-0.2, -0.15) is 0 Å². The summed E-state index contributed by atoms with van der Waals surface area (Å²) in [6, 6.07) is 17.7. The Hall–Kier alpha value is -5.09. The number of H-pyrrole nitrogens is 1. The minimum atomic E-state index is -1.11. The number of carbonyl (C=O) groups is 3. The van der Waals surface area contributed by atoms with Crippen molar-refractivity contribution < 1.29 is 34.4 Å². The molecular weight excluding hydrogens is 538 g/mol. The number of aromatic hydroxyl groups is 1. The Labute approximate surface area is 234 Å². The van der Waals surface area contributed by atoms with E-state index >= 15 is 0 Å². The highest BCUT2D eigenvalue weighted by Crippen LogP contribution is 2.30. The van der Waals surface area contributed by atoms with Crippen LogP contribution in [-0.4, -0.2) is 54.8 Å². The first-order valence-electron chi connectivity index (χ1n) is 11.8. The molecule has 0 saturated heterocycles. The number of aliphatic carboxylic acids is 1. The molecule has 2 heterocycles. The predicted octanol–water partition coefficient (Wildman–Crippen LogP) is 5.43. The molecule has 0 aliphatic heterocycles. The van der Waals surface area contributed by atoms with Crippen molar-refractivity contribution >= 4 is 40.3 Å². The van der Waals surface area contributed by atoms with Gasteiger partial charge < -0.3 is 25.0 Å². The number of phenols is 1. The van der Waals surface area contributed by atoms with Crippen molar-refractivity contribution in [2.24, 2.45) is 0 Å². The van der Waals surface area contributed by atoms with Crippen LogP contribution in [0.3, 0.4) is 0 Å². The lowest BCUT2D eigenvalue weighted by Crippen LogP contribution is -2.14. The molecule has 10 nitrogen and oxygen atoms in total. The molecule has 206 valence electrons. The monoisotopic (exact) mass is 563 g/mol. The lowest BCUT2D eigenvalue weighted by molar-refractivity contribution is -0.136. The highest BCUT2D eigenvalue weighted by molar-refractivity contribution is 6.30. The number of aromatic amines is 1. The number of methoxy groups -OCH3 is 1. The molecule has 0 atom stereocenters. The van der Waals surface area contributed by atoms with Crippen LogP contribution in [0.25, 0.3) is 10.9 Å². The van der Waals surface area contributed by atoms with Crippen molar-refractivity contribution in [3.05, 3.63) is 113 Å². The number of para-hydroxylation sites is 1. The minimum Gasteiger partial charge on any atom is -0.507 e. The number of imidazole rings is 1. The molecule has 0 fully saturated rings. The Morgan fingerprint density at radius 1 is 1.02 bits per heavy atom. The molecule has 0 radical (unpaired) electrons. The number of carboxylic acid groups (broad SMARTS) is 2. The average molecular weight is 564 g/mol. The molecule has 0 aliphatic carbocycles. The summed E-state index contributed by atoms with van der Waals surface area (Å²) in [4.78, 5) is 40.9. The van der Waals surface area contributed by atoms with Crippen LogP contribution in [0.2, 0.25) is 5.02 Å². The highest BCUT2D eigenvalue weighted by atomic mass is 35.5. The third-order valence-electron chi connectivity index (χ3n) is 5.70. The van der Waals surface area contributed by atoms with Gasteiger partial charge >= 0.3 is 11.9 Å². The summed E-state index contributed by atoms with van der Waals surface area (Å²) in [6.07, 6.45) is 4.91. The summed E-state index contributed by atoms with van der Waals surface area (Å²) in [5, 5.41) is 27.8. The van der Waals surface area contributed by atoms with E-state index in [1.165, 1.54) is 16.7 Å². The summed E-state index contributed by atoms with van der Waals surface area (Å²) >= 11 is 5.89. The maximum Gasteiger partial charge on any atom is 0.339 e. The lowest BCUT2D eigenvalue weighted by atomic mass is 10.1. The van der Waals surface area contributed by atoms with E-state index in [4.69, 9.17) is 26.6 Å². The number of hydrogen-bond acceptors (Lipinski definition) is 6. The number of ether oxygens (including phenoxy) is 1. The van der Waals surface area contributed by atoms with E-state index in [-0.39, 0.29) is 23.6 Å². The molecule has 4 N–H and O–H groups in total. The Bertz CT molecular complexity index is 1590. The number of fused-ring (bicyclic) bond motifs is 1. The third kappa shape index (κ3) is 7.27. The highest BCUT2D eigenvalue weighted by Gasteiger charge is 2.21. The van der Waals surface area contributed by atoms with Crippen molar-refractivity contribution in [1.29, 1.82) is 0 Å². The summed E-state index contributed by atoms with van der Waals surface area (Å²) in [5.74, 6) is -1.90. The van der Waals surface area contributed by atoms with Crippen LogP contribution in [0, 0.1) is 6.92 Å². The fraction of sp³-hybridized carbons (Fsp3) is 0.103. The molecule has 0 saturated carbocycles. The van der Waals surface area contributed by atoms with Gasteiger partial charge in [-0.1, -0.05) is 23.7 Å². The van der Waals surface area contributed by atoms with Gasteiger partial charge in [-0.15, -0.1) is 0 Å². The first kappa shape index (κ1) is 29.5. The van der Waals surface area contributed by atoms with Gasteiger partial charge in [0, 0.05) is 34.1 Å². The van der Waals surface area contributed by atoms with Gasteiger partial charge in [0.05, 0.1) is 25.4 Å². The Morgan fingerprint density at radius 3 is 2.23 bits per heavy atom. The van der Waals surface area contributed by atoms with Gasteiger partial charge in [0.25, 0.3) is 5.91 Å². The van der Waals surface area contributed by atoms with E-state index < -0.39 is 11.9 Å². The summed E-state index contributed by atoms with van der Waals surface area (Å²) in [5.41, 5.74) is 2.26. The minimum absolute atomic E-state index is 0.0671. The Kier molecular flexibility index (Phi) is 10.0. The van der Waals surface area contributed by atoms with Crippen molar-refractivity contribution in [2.75, 3.05) is 7.11 Å². The fourth-order valence-electron chi connectivity index (χ4n) is 3.82. The normalized spacial score (nSPS) is 10.1. The van der Waals surface area contributed by atoms with Crippen LogP contribution in [-0.2, 0) is 11.2 Å². The van der Waals surface area contributed by atoms with Crippen LogP contribution >= 0.6 is 11.6 Å². The average Bonchev–Trinajstić information content (AvgIpc) is 3.60. The van der Waals surface area contributed by atoms with E-state index in [0.29, 0.717) is 38.5 Å². The van der Waals surface area contributed by atoms with Gasteiger partial charge in [-0.25, -0.2) is 9.78 Å². The molecule has 0 aliphatic rings. The number of aromatic carboxylic acids is 1. The van der Waals surface area contributed by atoms with E-state index in [1.54, 1.807) is 87.4 Å². The van der Waals surface area contributed by atoms with Gasteiger partial charge in [0.2, 0.25) is 0 Å². The second kappa shape index (κ2) is 13.6. The number of carbonyl (C=O) groups excluding carboxylic acids is 1. The van der Waals surface area contributed by atoms with Crippen molar-refractivity contribution in [2.45, 2.75) is 13.3 Å². The molecule has 0 spiro atoms. The zero-order valence-corrected chi connectivity index (χ0v) is 22.3. The lowest BCUT2D eigenvalue weighted by Gasteiger charge is -2.08. The van der Waals surface area contributed by atoms with Gasteiger partial charge in [-0.3, -0.25) is 14.2 Å². The maximum atomic E-state index is 13.0. The quantitative estimate of drug-likeness (QED) is 0.221. The number of halogens is 1. The zero-order chi connectivity index (χ0) is 29.2. The second-order valence-corrected chi connectivity index (χ2v) is 8.68. The second-order valence-electron chi connectivity index (χ2n) is 8.25. The van der Waals surface area contributed by atoms with Gasteiger partial charge in [0.1, 0.15) is 17.1 Å². The van der Waals surface area contributed by atoms with E-state index in [1.807, 2.05) is 0 Å². The smallest absolute Gasteiger partial charge is 0.339 e. The van der Waals surface area contributed by atoms with Crippen LogP contribution in [0.5, 0.6) is 11.5 Å².